The Bertz CT molecular complexity index is 600. The third kappa shape index (κ3) is 3.25. The lowest BCUT2D eigenvalue weighted by Crippen LogP contribution is -2.60. The molecular weight excluding hydrogens is 352 g/mol. The van der Waals surface area contributed by atoms with Crippen molar-refractivity contribution in [3.8, 4) is 0 Å². The fourth-order valence-electron chi connectivity index (χ4n) is 3.62. The first-order valence-corrected chi connectivity index (χ1v) is 8.23. The van der Waals surface area contributed by atoms with Gasteiger partial charge in [-0.25, -0.2) is 4.79 Å². The summed E-state index contributed by atoms with van der Waals surface area (Å²) in [7, 11) is 0. The van der Waals surface area contributed by atoms with Gasteiger partial charge in [-0.1, -0.05) is 6.08 Å². The van der Waals surface area contributed by atoms with Crippen LogP contribution in [0.4, 0.5) is 0 Å². The maximum Gasteiger partial charge on any atom is 0.335 e. The van der Waals surface area contributed by atoms with Gasteiger partial charge in [0.05, 0.1) is 31.0 Å². The fourth-order valence-corrected chi connectivity index (χ4v) is 3.62. The molecule has 26 heavy (non-hydrogen) atoms. The van der Waals surface area contributed by atoms with Crippen LogP contribution < -0.4 is 0 Å². The zero-order valence-electron chi connectivity index (χ0n) is 13.7. The number of aliphatic hydroxyl groups excluding tert-OH is 5. The molecule has 1 aliphatic carbocycles. The number of ether oxygens (including phenoxy) is 3. The number of carbonyl (C=O) groups is 1. The largest absolute Gasteiger partial charge is 0.478 e. The Labute approximate surface area is 148 Å². The van der Waals surface area contributed by atoms with Crippen LogP contribution in [0.5, 0.6) is 0 Å². The van der Waals surface area contributed by atoms with Crippen molar-refractivity contribution >= 4 is 5.97 Å². The van der Waals surface area contributed by atoms with Gasteiger partial charge in [-0.3, -0.25) is 0 Å². The van der Waals surface area contributed by atoms with Crippen molar-refractivity contribution in [1.29, 1.82) is 0 Å². The van der Waals surface area contributed by atoms with Crippen LogP contribution in [0, 0.1) is 11.8 Å². The standard InChI is InChI=1S/C16H22O10/c17-3-6-1-2-7-8(14(22)23)5-24-15(10(6)7)26-16-13(21)12(20)11(19)9(4-18)25-16/h1,5,7,9-13,15-21H,2-4H2,(H,22,23)/t7-,9+,10-,11+,12-,13+,15+,16+/m0/s1. The first-order chi connectivity index (χ1) is 12.4. The molecule has 8 atom stereocenters. The predicted octanol–water partition coefficient (Wildman–Crippen LogP) is -2.32. The van der Waals surface area contributed by atoms with Crippen LogP contribution in [0.3, 0.4) is 0 Å². The summed E-state index contributed by atoms with van der Waals surface area (Å²) in [6.07, 6.45) is -5.21. The first kappa shape index (κ1) is 19.2. The number of rotatable bonds is 5. The average Bonchev–Trinajstić information content (AvgIpc) is 3.06. The molecule has 6 N–H and O–H groups in total. The molecule has 1 saturated heterocycles. The molecule has 2 heterocycles. The van der Waals surface area contributed by atoms with E-state index in [4.69, 9.17) is 14.2 Å². The molecule has 0 bridgehead atoms. The summed E-state index contributed by atoms with van der Waals surface area (Å²) in [5, 5.41) is 57.8. The number of hydrogen-bond acceptors (Lipinski definition) is 9. The van der Waals surface area contributed by atoms with E-state index in [1.165, 1.54) is 0 Å². The lowest BCUT2D eigenvalue weighted by Gasteiger charge is -2.42. The van der Waals surface area contributed by atoms with E-state index in [2.05, 4.69) is 0 Å². The van der Waals surface area contributed by atoms with Crippen molar-refractivity contribution in [2.75, 3.05) is 13.2 Å². The molecule has 1 fully saturated rings. The monoisotopic (exact) mass is 374 g/mol. The lowest BCUT2D eigenvalue weighted by atomic mass is 9.83. The van der Waals surface area contributed by atoms with E-state index in [1.807, 2.05) is 0 Å². The van der Waals surface area contributed by atoms with Gasteiger partial charge in [-0.05, 0) is 12.0 Å². The summed E-state index contributed by atoms with van der Waals surface area (Å²) in [4.78, 5) is 11.4. The summed E-state index contributed by atoms with van der Waals surface area (Å²) >= 11 is 0. The highest BCUT2D eigenvalue weighted by atomic mass is 16.8. The number of aliphatic carboxylic acids is 1. The third-order valence-corrected chi connectivity index (χ3v) is 5.06. The molecule has 3 rings (SSSR count). The highest BCUT2D eigenvalue weighted by molar-refractivity contribution is 5.87. The number of fused-ring (bicyclic) bond motifs is 1. The van der Waals surface area contributed by atoms with Gasteiger partial charge in [0.2, 0.25) is 6.29 Å². The Morgan fingerprint density at radius 3 is 2.50 bits per heavy atom. The predicted molar refractivity (Wildman–Crippen MR) is 82.2 cm³/mol. The van der Waals surface area contributed by atoms with Crippen molar-refractivity contribution in [1.82, 2.24) is 0 Å². The molecule has 0 radical (unpaired) electrons. The lowest BCUT2D eigenvalue weighted by molar-refractivity contribution is -0.339. The highest BCUT2D eigenvalue weighted by Gasteiger charge is 2.49. The Kier molecular flexibility index (Phi) is 5.63. The van der Waals surface area contributed by atoms with Gasteiger partial charge in [-0.15, -0.1) is 0 Å². The van der Waals surface area contributed by atoms with Crippen molar-refractivity contribution in [3.05, 3.63) is 23.5 Å². The second-order valence-electron chi connectivity index (χ2n) is 6.52. The quantitative estimate of drug-likeness (QED) is 0.288. The number of hydrogen-bond donors (Lipinski definition) is 6. The van der Waals surface area contributed by atoms with Crippen molar-refractivity contribution in [2.24, 2.45) is 11.8 Å². The summed E-state index contributed by atoms with van der Waals surface area (Å²) in [5.41, 5.74) is 0.583. The Balaban J connectivity index is 1.80. The zero-order valence-corrected chi connectivity index (χ0v) is 13.7. The Morgan fingerprint density at radius 1 is 1.15 bits per heavy atom. The molecule has 0 spiro atoms. The molecule has 10 nitrogen and oxygen atoms in total. The van der Waals surface area contributed by atoms with Gasteiger partial charge in [0, 0.05) is 5.92 Å². The molecule has 146 valence electrons. The third-order valence-electron chi connectivity index (χ3n) is 5.06. The van der Waals surface area contributed by atoms with Crippen molar-refractivity contribution in [3.63, 3.8) is 0 Å². The van der Waals surface area contributed by atoms with Crippen LogP contribution in [-0.2, 0) is 19.0 Å². The van der Waals surface area contributed by atoms with Crippen LogP contribution >= 0.6 is 0 Å². The Hall–Kier alpha value is -1.53. The topological polar surface area (TPSA) is 166 Å². The van der Waals surface area contributed by atoms with Gasteiger partial charge in [-0.2, -0.15) is 0 Å². The van der Waals surface area contributed by atoms with Crippen LogP contribution in [0.15, 0.2) is 23.5 Å². The second kappa shape index (κ2) is 7.61. The van der Waals surface area contributed by atoms with E-state index < -0.39 is 61.4 Å². The highest BCUT2D eigenvalue weighted by Crippen LogP contribution is 2.44. The summed E-state index contributed by atoms with van der Waals surface area (Å²) < 4.78 is 16.3. The van der Waals surface area contributed by atoms with Crippen molar-refractivity contribution in [2.45, 2.75) is 43.4 Å². The second-order valence-corrected chi connectivity index (χ2v) is 6.52. The van der Waals surface area contributed by atoms with Crippen LogP contribution in [0.2, 0.25) is 0 Å². The van der Waals surface area contributed by atoms with E-state index in [0.717, 1.165) is 6.26 Å². The number of aliphatic hydroxyl groups is 5. The Morgan fingerprint density at radius 2 is 1.88 bits per heavy atom. The van der Waals surface area contributed by atoms with Crippen LogP contribution in [0.1, 0.15) is 6.42 Å². The minimum atomic E-state index is -1.61. The molecular formula is C16H22O10. The van der Waals surface area contributed by atoms with Gasteiger partial charge in [0.1, 0.15) is 24.4 Å². The summed E-state index contributed by atoms with van der Waals surface area (Å²) in [6.45, 7) is -0.917. The van der Waals surface area contributed by atoms with Crippen LogP contribution in [-0.4, -0.2) is 86.8 Å². The van der Waals surface area contributed by atoms with E-state index in [9.17, 15) is 35.4 Å². The number of allylic oxidation sites excluding steroid dienone is 1. The normalized spacial score (nSPS) is 42.5. The maximum atomic E-state index is 11.4. The number of carboxylic acids is 1. The molecule has 0 aromatic carbocycles. The smallest absolute Gasteiger partial charge is 0.335 e. The van der Waals surface area contributed by atoms with Gasteiger partial charge < -0.3 is 44.8 Å². The molecule has 3 aliphatic rings. The van der Waals surface area contributed by atoms with E-state index in [-0.39, 0.29) is 12.2 Å². The average molecular weight is 374 g/mol. The van der Waals surface area contributed by atoms with Crippen LogP contribution in [0.25, 0.3) is 0 Å². The summed E-state index contributed by atoms with van der Waals surface area (Å²) in [5.74, 6) is -2.22. The molecule has 0 aromatic rings. The fraction of sp³-hybridized carbons (Fsp3) is 0.688. The SMILES string of the molecule is O=C(O)C1=CO[C@H](O[C@H]2O[C@H](CO)[C@@H](O)[C@H](O)[C@H]2O)[C@H]2C(CO)=CC[C@@H]12. The van der Waals surface area contributed by atoms with E-state index >= 15 is 0 Å². The minimum absolute atomic E-state index is 0.0448. The van der Waals surface area contributed by atoms with Crippen molar-refractivity contribution < 1.29 is 49.6 Å². The maximum absolute atomic E-state index is 11.4. The van der Waals surface area contributed by atoms with Gasteiger partial charge >= 0.3 is 5.97 Å². The first-order valence-electron chi connectivity index (χ1n) is 8.23. The van der Waals surface area contributed by atoms with Gasteiger partial charge in [0.15, 0.2) is 6.29 Å². The minimum Gasteiger partial charge on any atom is -0.478 e. The molecule has 0 saturated carbocycles. The molecule has 0 amide bonds. The zero-order chi connectivity index (χ0) is 19.0. The molecule has 2 aliphatic heterocycles. The van der Waals surface area contributed by atoms with E-state index in [0.29, 0.717) is 12.0 Å². The van der Waals surface area contributed by atoms with Gasteiger partial charge in [0.25, 0.3) is 0 Å². The van der Waals surface area contributed by atoms with E-state index in [1.54, 1.807) is 6.08 Å². The molecule has 10 heteroatoms. The number of carboxylic acid groups (broad SMARTS) is 1. The summed E-state index contributed by atoms with van der Waals surface area (Å²) in [6, 6.07) is 0. The molecule has 0 unspecified atom stereocenters. The molecule has 0 aromatic heterocycles.